The summed E-state index contributed by atoms with van der Waals surface area (Å²) in [7, 11) is 0. The van der Waals surface area contributed by atoms with Crippen LogP contribution in [0.5, 0.6) is 5.75 Å². The van der Waals surface area contributed by atoms with Crippen molar-refractivity contribution in [2.45, 2.75) is 6.92 Å². The van der Waals surface area contributed by atoms with Crippen molar-refractivity contribution in [1.29, 1.82) is 0 Å². The molecule has 0 aliphatic rings. The van der Waals surface area contributed by atoms with Crippen LogP contribution in [0.25, 0.3) is 0 Å². The Kier molecular flexibility index (Phi) is 6.96. The first-order valence-electron chi connectivity index (χ1n) is 7.28. The molecule has 2 aromatic rings. The summed E-state index contributed by atoms with van der Waals surface area (Å²) in [6.45, 7) is 6.11. The Labute approximate surface area is 155 Å². The van der Waals surface area contributed by atoms with Crippen LogP contribution in [0.4, 0.5) is 5.69 Å². The highest BCUT2D eigenvalue weighted by molar-refractivity contribution is 9.10. The predicted molar refractivity (Wildman–Crippen MR) is 108 cm³/mol. The lowest BCUT2D eigenvalue weighted by molar-refractivity contribution is 0.362. The molecule has 0 amide bonds. The van der Waals surface area contributed by atoms with Crippen LogP contribution in [0, 0.1) is 6.92 Å². The number of hydrogen-bond donors (Lipinski definition) is 2. The van der Waals surface area contributed by atoms with Crippen molar-refractivity contribution < 1.29 is 4.74 Å². The Hall–Kier alpha value is -2.18. The first kappa shape index (κ1) is 18.2. The Morgan fingerprint density at radius 1 is 1.33 bits per heavy atom. The van der Waals surface area contributed by atoms with E-state index in [1.54, 1.807) is 12.3 Å². The van der Waals surface area contributed by atoms with Gasteiger partial charge in [0.25, 0.3) is 0 Å². The van der Waals surface area contributed by atoms with Gasteiger partial charge in [-0.2, -0.15) is 5.10 Å². The van der Waals surface area contributed by atoms with Gasteiger partial charge in [-0.25, -0.2) is 0 Å². The number of rotatable bonds is 6. The summed E-state index contributed by atoms with van der Waals surface area (Å²) in [4.78, 5) is 0. The number of benzene rings is 2. The molecule has 0 radical (unpaired) electrons. The molecule has 2 N–H and O–H groups in total. The van der Waals surface area contributed by atoms with Gasteiger partial charge in [-0.3, -0.25) is 5.43 Å². The number of thiocarbonyl (C=S) groups is 1. The Morgan fingerprint density at radius 2 is 2.17 bits per heavy atom. The summed E-state index contributed by atoms with van der Waals surface area (Å²) in [5.74, 6) is 0.723. The molecule has 0 atom stereocenters. The zero-order chi connectivity index (χ0) is 17.4. The van der Waals surface area contributed by atoms with Crippen LogP contribution in [0.1, 0.15) is 11.1 Å². The van der Waals surface area contributed by atoms with Gasteiger partial charge in [0.15, 0.2) is 5.11 Å². The SMILES string of the molecule is C=CCOc1ccc(Br)cc1/C=N/NC(=S)Nc1cccc(C)c1. The van der Waals surface area contributed by atoms with Crippen molar-refractivity contribution >= 4 is 45.2 Å². The van der Waals surface area contributed by atoms with E-state index in [4.69, 9.17) is 17.0 Å². The van der Waals surface area contributed by atoms with E-state index in [0.717, 1.165) is 27.0 Å². The maximum absolute atomic E-state index is 5.60. The van der Waals surface area contributed by atoms with Gasteiger partial charge >= 0.3 is 0 Å². The summed E-state index contributed by atoms with van der Waals surface area (Å²) < 4.78 is 6.54. The first-order chi connectivity index (χ1) is 11.6. The monoisotopic (exact) mass is 403 g/mol. The van der Waals surface area contributed by atoms with Crippen molar-refractivity contribution in [2.24, 2.45) is 5.10 Å². The molecule has 0 spiro atoms. The fourth-order valence-electron chi connectivity index (χ4n) is 1.94. The summed E-state index contributed by atoms with van der Waals surface area (Å²) >= 11 is 8.67. The van der Waals surface area contributed by atoms with Gasteiger partial charge < -0.3 is 10.1 Å². The van der Waals surface area contributed by atoms with Crippen molar-refractivity contribution in [3.05, 3.63) is 70.7 Å². The molecular weight excluding hydrogens is 386 g/mol. The third kappa shape index (κ3) is 5.79. The zero-order valence-corrected chi connectivity index (χ0v) is 15.7. The van der Waals surface area contributed by atoms with Gasteiger partial charge in [0.2, 0.25) is 0 Å². The summed E-state index contributed by atoms with van der Waals surface area (Å²) in [5, 5.41) is 7.66. The molecule has 0 unspecified atom stereocenters. The van der Waals surface area contributed by atoms with Crippen LogP contribution in [-0.4, -0.2) is 17.9 Å². The molecule has 2 aromatic carbocycles. The molecule has 4 nitrogen and oxygen atoms in total. The molecule has 0 bridgehead atoms. The summed E-state index contributed by atoms with van der Waals surface area (Å²) in [6, 6.07) is 13.6. The molecule has 0 saturated carbocycles. The Balaban J connectivity index is 1.99. The highest BCUT2D eigenvalue weighted by Crippen LogP contribution is 2.21. The first-order valence-corrected chi connectivity index (χ1v) is 8.48. The van der Waals surface area contributed by atoms with E-state index in [0.29, 0.717) is 11.7 Å². The maximum atomic E-state index is 5.60. The molecule has 0 aliphatic heterocycles. The second-order valence-corrected chi connectivity index (χ2v) is 6.30. The number of nitrogens with zero attached hydrogens (tertiary/aromatic N) is 1. The lowest BCUT2D eigenvalue weighted by Crippen LogP contribution is -2.23. The number of halogens is 1. The van der Waals surface area contributed by atoms with Crippen LogP contribution < -0.4 is 15.5 Å². The fourth-order valence-corrected chi connectivity index (χ4v) is 2.49. The second kappa shape index (κ2) is 9.20. The second-order valence-electron chi connectivity index (χ2n) is 4.98. The van der Waals surface area contributed by atoms with Crippen LogP contribution in [0.2, 0.25) is 0 Å². The van der Waals surface area contributed by atoms with E-state index >= 15 is 0 Å². The molecule has 0 heterocycles. The number of hydrazone groups is 1. The van der Waals surface area contributed by atoms with Gasteiger partial charge in [-0.05, 0) is 55.0 Å². The molecular formula is C18H18BrN3OS. The minimum absolute atomic E-state index is 0.417. The average Bonchev–Trinajstić information content (AvgIpc) is 2.54. The van der Waals surface area contributed by atoms with Crippen molar-refractivity contribution in [3.8, 4) is 5.75 Å². The minimum atomic E-state index is 0.417. The topological polar surface area (TPSA) is 45.6 Å². The van der Waals surface area contributed by atoms with E-state index in [9.17, 15) is 0 Å². The molecule has 124 valence electrons. The lowest BCUT2D eigenvalue weighted by atomic mass is 10.2. The van der Waals surface area contributed by atoms with E-state index in [1.807, 2.05) is 49.4 Å². The summed E-state index contributed by atoms with van der Waals surface area (Å²) in [5.41, 5.74) is 5.70. The van der Waals surface area contributed by atoms with Gasteiger partial charge in [0, 0.05) is 15.7 Å². The lowest BCUT2D eigenvalue weighted by Gasteiger charge is -2.09. The Morgan fingerprint density at radius 3 is 2.92 bits per heavy atom. The van der Waals surface area contributed by atoms with Crippen LogP contribution in [0.3, 0.4) is 0 Å². The summed E-state index contributed by atoms with van der Waals surface area (Å²) in [6.07, 6.45) is 3.36. The largest absolute Gasteiger partial charge is 0.489 e. The average molecular weight is 404 g/mol. The van der Waals surface area contributed by atoms with Crippen molar-refractivity contribution in [2.75, 3.05) is 11.9 Å². The molecule has 0 saturated heterocycles. The van der Waals surface area contributed by atoms with Gasteiger partial charge in [-0.1, -0.05) is 40.7 Å². The van der Waals surface area contributed by atoms with Gasteiger partial charge in [0.1, 0.15) is 12.4 Å². The van der Waals surface area contributed by atoms with Crippen molar-refractivity contribution in [1.82, 2.24) is 5.43 Å². The van der Waals surface area contributed by atoms with Gasteiger partial charge in [-0.15, -0.1) is 0 Å². The maximum Gasteiger partial charge on any atom is 0.191 e. The van der Waals surface area contributed by atoms with Crippen LogP contribution in [0.15, 0.2) is 64.7 Å². The molecule has 0 fully saturated rings. The third-order valence-electron chi connectivity index (χ3n) is 2.97. The van der Waals surface area contributed by atoms with E-state index < -0.39 is 0 Å². The number of aryl methyl sites for hydroxylation is 1. The number of hydrogen-bond acceptors (Lipinski definition) is 3. The zero-order valence-electron chi connectivity index (χ0n) is 13.3. The normalized spacial score (nSPS) is 10.4. The molecule has 24 heavy (non-hydrogen) atoms. The van der Waals surface area contributed by atoms with E-state index in [2.05, 4.69) is 38.4 Å². The van der Waals surface area contributed by atoms with Gasteiger partial charge in [0.05, 0.1) is 6.21 Å². The highest BCUT2D eigenvalue weighted by atomic mass is 79.9. The number of anilines is 1. The Bertz CT molecular complexity index is 762. The molecule has 2 rings (SSSR count). The van der Waals surface area contributed by atoms with Crippen molar-refractivity contribution in [3.63, 3.8) is 0 Å². The minimum Gasteiger partial charge on any atom is -0.489 e. The third-order valence-corrected chi connectivity index (χ3v) is 3.66. The standard InChI is InChI=1S/C18H18BrN3OS/c1-3-9-23-17-8-7-15(19)11-14(17)12-20-22-18(24)21-16-6-4-5-13(2)10-16/h3-8,10-12H,1,9H2,2H3,(H2,21,22,24)/b20-12+. The predicted octanol–water partition coefficient (Wildman–Crippen LogP) is 4.64. The fraction of sp³-hybridized carbons (Fsp3) is 0.111. The van der Waals surface area contributed by atoms with E-state index in [1.165, 1.54) is 0 Å². The molecule has 6 heteroatoms. The number of nitrogens with one attached hydrogen (secondary N) is 2. The molecule has 0 aliphatic carbocycles. The highest BCUT2D eigenvalue weighted by Gasteiger charge is 2.02. The van der Waals surface area contributed by atoms with E-state index in [-0.39, 0.29) is 0 Å². The van der Waals surface area contributed by atoms with Crippen LogP contribution >= 0.6 is 28.1 Å². The smallest absolute Gasteiger partial charge is 0.191 e. The molecule has 0 aromatic heterocycles. The number of ether oxygens (including phenoxy) is 1. The quantitative estimate of drug-likeness (QED) is 0.319. The van der Waals surface area contributed by atoms with Crippen LogP contribution in [-0.2, 0) is 0 Å².